The van der Waals surface area contributed by atoms with Crippen LogP contribution in [-0.4, -0.2) is 58.0 Å². The van der Waals surface area contributed by atoms with Gasteiger partial charge in [0.05, 0.1) is 24.8 Å². The fraction of sp³-hybridized carbons (Fsp3) is 0.394. The number of nitrogens with zero attached hydrogens (tertiary/aromatic N) is 2. The van der Waals surface area contributed by atoms with Gasteiger partial charge in [0.1, 0.15) is 12.6 Å². The van der Waals surface area contributed by atoms with Crippen LogP contribution in [0.5, 0.6) is 11.5 Å². The van der Waals surface area contributed by atoms with Crippen molar-refractivity contribution in [3.63, 3.8) is 0 Å². The molecule has 0 aromatic heterocycles. The molecule has 45 heavy (non-hydrogen) atoms. The largest absolute Gasteiger partial charge is 0.493 e. The zero-order valence-electron chi connectivity index (χ0n) is 25.9. The van der Waals surface area contributed by atoms with Crippen LogP contribution >= 0.6 is 23.2 Å². The van der Waals surface area contributed by atoms with Crippen molar-refractivity contribution in [3.8, 4) is 11.5 Å². The molecule has 0 heterocycles. The predicted molar refractivity (Wildman–Crippen MR) is 177 cm³/mol. The molecular formula is C33H39Cl2N3O6S. The lowest BCUT2D eigenvalue weighted by atomic mass is 10.1. The number of aryl methyl sites for hydroxylation is 1. The Kier molecular flexibility index (Phi) is 11.6. The van der Waals surface area contributed by atoms with Gasteiger partial charge < -0.3 is 19.7 Å². The molecule has 1 aliphatic carbocycles. The van der Waals surface area contributed by atoms with Crippen LogP contribution in [0.1, 0.15) is 50.2 Å². The molecular weight excluding hydrogens is 637 g/mol. The highest BCUT2D eigenvalue weighted by Gasteiger charge is 2.35. The highest BCUT2D eigenvalue weighted by Crippen LogP contribution is 2.34. The first-order valence-electron chi connectivity index (χ1n) is 14.8. The highest BCUT2D eigenvalue weighted by atomic mass is 35.5. The van der Waals surface area contributed by atoms with Gasteiger partial charge in [0.2, 0.25) is 11.8 Å². The minimum Gasteiger partial charge on any atom is -0.493 e. The first-order valence-corrected chi connectivity index (χ1v) is 17.0. The summed E-state index contributed by atoms with van der Waals surface area (Å²) in [6, 6.07) is 15.1. The van der Waals surface area contributed by atoms with Gasteiger partial charge in [-0.1, -0.05) is 66.7 Å². The number of methoxy groups -OCH3 is 2. The van der Waals surface area contributed by atoms with E-state index in [1.54, 1.807) is 42.5 Å². The van der Waals surface area contributed by atoms with Gasteiger partial charge in [-0.25, -0.2) is 8.42 Å². The van der Waals surface area contributed by atoms with Crippen molar-refractivity contribution in [2.24, 2.45) is 0 Å². The first-order chi connectivity index (χ1) is 21.5. The summed E-state index contributed by atoms with van der Waals surface area (Å²) in [6.07, 6.45) is 4.07. The Morgan fingerprint density at radius 3 is 2.16 bits per heavy atom. The molecule has 9 nitrogen and oxygen atoms in total. The molecule has 1 saturated carbocycles. The normalized spacial score (nSPS) is 14.1. The molecule has 2 amide bonds. The van der Waals surface area contributed by atoms with Crippen molar-refractivity contribution in [3.05, 3.63) is 81.8 Å². The summed E-state index contributed by atoms with van der Waals surface area (Å²) < 4.78 is 40.2. The minimum atomic E-state index is -4.27. The van der Waals surface area contributed by atoms with E-state index in [-0.39, 0.29) is 41.2 Å². The molecule has 0 aliphatic heterocycles. The summed E-state index contributed by atoms with van der Waals surface area (Å²) in [7, 11) is -1.35. The molecule has 1 fully saturated rings. The maximum atomic E-state index is 14.4. The SMILES string of the molecule is CC[C@H](C(=O)NC1CCCC1)N(Cc1c(Cl)cccc1Cl)C(=O)CN(c1ccc(OC)c(OC)c1)S(=O)(=O)c1ccc(C)cc1. The molecule has 1 N–H and O–H groups in total. The van der Waals surface area contributed by atoms with Crippen molar-refractivity contribution in [2.45, 2.75) is 69.5 Å². The number of carbonyl (C=O) groups excluding carboxylic acids is 2. The standard InChI is InChI=1S/C33H39Cl2N3O6S/c1-5-29(33(40)36-23-9-6-7-10-23)37(20-26-27(34)11-8-12-28(26)35)32(39)21-38(24-15-18-30(43-3)31(19-24)44-4)45(41,42)25-16-13-22(2)14-17-25/h8,11-19,23,29H,5-7,9-10,20-21H2,1-4H3,(H,36,40)/t29-/m1/s1. The van der Waals surface area contributed by atoms with Crippen LogP contribution in [0.15, 0.2) is 65.6 Å². The van der Waals surface area contributed by atoms with E-state index >= 15 is 0 Å². The van der Waals surface area contributed by atoms with Gasteiger partial charge in [-0.05, 0) is 62.6 Å². The van der Waals surface area contributed by atoms with Crippen molar-refractivity contribution >= 4 is 50.7 Å². The Hall–Kier alpha value is -3.47. The smallest absolute Gasteiger partial charge is 0.264 e. The summed E-state index contributed by atoms with van der Waals surface area (Å²) in [5.41, 5.74) is 1.52. The molecule has 3 aromatic carbocycles. The van der Waals surface area contributed by atoms with Crippen LogP contribution in [0.3, 0.4) is 0 Å². The number of ether oxygens (including phenoxy) is 2. The Balaban J connectivity index is 1.79. The lowest BCUT2D eigenvalue weighted by Crippen LogP contribution is -2.53. The van der Waals surface area contributed by atoms with Crippen molar-refractivity contribution < 1.29 is 27.5 Å². The van der Waals surface area contributed by atoms with Gasteiger partial charge in [0.25, 0.3) is 10.0 Å². The second kappa shape index (κ2) is 15.2. The van der Waals surface area contributed by atoms with E-state index < -0.39 is 28.5 Å². The van der Waals surface area contributed by atoms with Gasteiger partial charge in [0, 0.05) is 34.3 Å². The molecule has 3 aromatic rings. The number of sulfonamides is 1. The minimum absolute atomic E-state index is 0.00222. The summed E-state index contributed by atoms with van der Waals surface area (Å²) >= 11 is 13.0. The van der Waals surface area contributed by atoms with Gasteiger partial charge in [0.15, 0.2) is 11.5 Å². The number of anilines is 1. The third-order valence-corrected chi connectivity index (χ3v) is 10.5. The monoisotopic (exact) mass is 675 g/mol. The molecule has 0 spiro atoms. The van der Waals surface area contributed by atoms with E-state index in [0.717, 1.165) is 35.6 Å². The summed E-state index contributed by atoms with van der Waals surface area (Å²) in [5.74, 6) is -0.233. The zero-order chi connectivity index (χ0) is 32.7. The number of amides is 2. The quantitative estimate of drug-likeness (QED) is 0.225. The zero-order valence-corrected chi connectivity index (χ0v) is 28.2. The number of benzene rings is 3. The van der Waals surface area contributed by atoms with Crippen molar-refractivity contribution in [1.29, 1.82) is 0 Å². The molecule has 0 radical (unpaired) electrons. The van der Waals surface area contributed by atoms with Crippen LogP contribution in [0.2, 0.25) is 10.0 Å². The number of hydrogen-bond donors (Lipinski definition) is 1. The molecule has 242 valence electrons. The molecule has 1 aliphatic rings. The van der Waals surface area contributed by atoms with Crippen LogP contribution < -0.4 is 19.1 Å². The number of halogens is 2. The van der Waals surface area contributed by atoms with E-state index in [1.807, 2.05) is 13.8 Å². The van der Waals surface area contributed by atoms with E-state index in [1.165, 1.54) is 37.3 Å². The second-order valence-corrected chi connectivity index (χ2v) is 13.7. The fourth-order valence-electron chi connectivity index (χ4n) is 5.49. The Morgan fingerprint density at radius 2 is 1.58 bits per heavy atom. The average Bonchev–Trinajstić information content (AvgIpc) is 3.53. The lowest BCUT2D eigenvalue weighted by molar-refractivity contribution is -0.140. The van der Waals surface area contributed by atoms with Gasteiger partial charge in [-0.2, -0.15) is 0 Å². The van der Waals surface area contributed by atoms with E-state index in [9.17, 15) is 18.0 Å². The van der Waals surface area contributed by atoms with Crippen LogP contribution in [0.25, 0.3) is 0 Å². The highest BCUT2D eigenvalue weighted by molar-refractivity contribution is 7.92. The molecule has 1 atom stereocenters. The second-order valence-electron chi connectivity index (χ2n) is 11.0. The lowest BCUT2D eigenvalue weighted by Gasteiger charge is -2.34. The van der Waals surface area contributed by atoms with Gasteiger partial charge in [-0.3, -0.25) is 13.9 Å². The van der Waals surface area contributed by atoms with Crippen molar-refractivity contribution in [2.75, 3.05) is 25.1 Å². The van der Waals surface area contributed by atoms with Crippen molar-refractivity contribution in [1.82, 2.24) is 10.2 Å². The van der Waals surface area contributed by atoms with Crippen LogP contribution in [0, 0.1) is 6.92 Å². The van der Waals surface area contributed by atoms with Crippen LogP contribution in [0.4, 0.5) is 5.69 Å². The summed E-state index contributed by atoms with van der Waals surface area (Å²) in [5, 5.41) is 3.75. The number of carbonyl (C=O) groups is 2. The predicted octanol–water partition coefficient (Wildman–Crippen LogP) is 6.38. The Bertz CT molecular complexity index is 1590. The number of rotatable bonds is 13. The maximum Gasteiger partial charge on any atom is 0.264 e. The first kappa shape index (κ1) is 34.4. The molecule has 4 rings (SSSR count). The number of hydrogen-bond acceptors (Lipinski definition) is 6. The van der Waals surface area contributed by atoms with Gasteiger partial charge in [-0.15, -0.1) is 0 Å². The Morgan fingerprint density at radius 1 is 0.956 bits per heavy atom. The van der Waals surface area contributed by atoms with E-state index in [4.69, 9.17) is 32.7 Å². The summed E-state index contributed by atoms with van der Waals surface area (Å²) in [4.78, 5) is 29.4. The molecule has 12 heteroatoms. The third-order valence-electron chi connectivity index (χ3n) is 8.02. The van der Waals surface area contributed by atoms with E-state index in [2.05, 4.69) is 5.32 Å². The number of nitrogens with one attached hydrogen (secondary N) is 1. The molecule has 0 saturated heterocycles. The summed E-state index contributed by atoms with van der Waals surface area (Å²) in [6.45, 7) is 2.95. The topological polar surface area (TPSA) is 105 Å². The third kappa shape index (κ3) is 8.04. The molecule has 0 unspecified atom stereocenters. The fourth-order valence-corrected chi connectivity index (χ4v) is 7.41. The average molecular weight is 677 g/mol. The maximum absolute atomic E-state index is 14.4. The Labute approximate surface area is 275 Å². The van der Waals surface area contributed by atoms with Crippen LogP contribution in [-0.2, 0) is 26.2 Å². The van der Waals surface area contributed by atoms with E-state index in [0.29, 0.717) is 21.4 Å². The van der Waals surface area contributed by atoms with Gasteiger partial charge >= 0.3 is 0 Å². The molecule has 0 bridgehead atoms.